The molecular weight excluding hydrogens is 256 g/mol. The molecule has 0 bridgehead atoms. The zero-order chi connectivity index (χ0) is 15.3. The number of carbonyl (C=O) groups is 1. The molecular formula is C13H16N6O. The molecule has 2 aliphatic heterocycles. The number of carbonyl (C=O) groups excluding carboxylic acids is 1. The second-order valence-electron chi connectivity index (χ2n) is 5.30. The number of allylic oxidation sites excluding steroid dienone is 1. The summed E-state index contributed by atoms with van der Waals surface area (Å²) in [6, 6.07) is 4.11. The second-order valence-corrected chi connectivity index (χ2v) is 5.30. The van der Waals surface area contributed by atoms with Gasteiger partial charge in [0.1, 0.15) is 5.84 Å². The van der Waals surface area contributed by atoms with E-state index in [0.717, 1.165) is 5.70 Å². The Morgan fingerprint density at radius 3 is 2.40 bits per heavy atom. The minimum atomic E-state index is -1.61. The summed E-state index contributed by atoms with van der Waals surface area (Å²) >= 11 is 0. The van der Waals surface area contributed by atoms with E-state index in [9.17, 15) is 15.3 Å². The Morgan fingerprint density at radius 1 is 1.35 bits per heavy atom. The molecule has 0 aromatic rings. The molecule has 2 atom stereocenters. The summed E-state index contributed by atoms with van der Waals surface area (Å²) in [7, 11) is 3.65. The number of amidine groups is 1. The average molecular weight is 272 g/mol. The van der Waals surface area contributed by atoms with E-state index < -0.39 is 16.7 Å². The molecule has 0 aromatic carbocycles. The first kappa shape index (κ1) is 14.0. The summed E-state index contributed by atoms with van der Waals surface area (Å²) in [6.07, 6.45) is 0. The molecule has 0 fully saturated rings. The number of aliphatic imine (C=N–C) groups is 1. The Balaban J connectivity index is 2.83. The topological polar surface area (TPSA) is 110 Å². The van der Waals surface area contributed by atoms with Gasteiger partial charge in [0.15, 0.2) is 10.8 Å². The number of hydrogen-bond acceptors (Lipinski definition) is 6. The van der Waals surface area contributed by atoms with E-state index >= 15 is 0 Å². The van der Waals surface area contributed by atoms with E-state index in [1.54, 1.807) is 11.9 Å². The standard InChI is InChI=1S/C13H16N6O/c1-8-9(2)19(18(3)4)7-12(5-14)10(16)17-11(20)13(8,12)6-15/h7H2,1-4H3,(H2,16,17,20). The van der Waals surface area contributed by atoms with Gasteiger partial charge in [0.25, 0.3) is 5.91 Å². The molecule has 0 saturated heterocycles. The number of nitrogens with two attached hydrogens (primary N) is 1. The summed E-state index contributed by atoms with van der Waals surface area (Å²) in [5.74, 6) is -0.723. The number of rotatable bonds is 1. The Labute approximate surface area is 117 Å². The van der Waals surface area contributed by atoms with E-state index in [4.69, 9.17) is 5.73 Å². The van der Waals surface area contributed by atoms with Crippen LogP contribution in [-0.4, -0.2) is 42.4 Å². The molecule has 0 saturated carbocycles. The molecule has 1 amide bonds. The van der Waals surface area contributed by atoms with Crippen molar-refractivity contribution in [3.05, 3.63) is 11.3 Å². The van der Waals surface area contributed by atoms with Crippen molar-refractivity contribution in [2.45, 2.75) is 13.8 Å². The third-order valence-corrected chi connectivity index (χ3v) is 4.34. The van der Waals surface area contributed by atoms with Crippen LogP contribution < -0.4 is 5.73 Å². The van der Waals surface area contributed by atoms with Crippen molar-refractivity contribution < 1.29 is 4.79 Å². The lowest BCUT2D eigenvalue weighted by Crippen LogP contribution is -2.60. The Morgan fingerprint density at radius 2 is 1.95 bits per heavy atom. The number of nitriles is 2. The molecule has 0 spiro atoms. The average Bonchev–Trinajstić information content (AvgIpc) is 2.62. The fourth-order valence-electron chi connectivity index (χ4n) is 3.00. The fraction of sp³-hybridized carbons (Fsp3) is 0.538. The highest BCUT2D eigenvalue weighted by molar-refractivity contribution is 6.13. The first-order chi connectivity index (χ1) is 9.28. The molecule has 0 radical (unpaired) electrons. The van der Waals surface area contributed by atoms with Crippen LogP contribution in [0, 0.1) is 33.5 Å². The lowest BCUT2D eigenvalue weighted by molar-refractivity contribution is -0.125. The normalized spacial score (nSPS) is 32.9. The van der Waals surface area contributed by atoms with Crippen molar-refractivity contribution in [2.24, 2.45) is 21.6 Å². The minimum absolute atomic E-state index is 0.0785. The third kappa shape index (κ3) is 1.25. The first-order valence-electron chi connectivity index (χ1n) is 6.13. The number of amides is 1. The second kappa shape index (κ2) is 4.06. The molecule has 2 heterocycles. The lowest BCUT2D eigenvalue weighted by Gasteiger charge is -2.47. The third-order valence-electron chi connectivity index (χ3n) is 4.34. The van der Waals surface area contributed by atoms with Crippen LogP contribution in [0.25, 0.3) is 0 Å². The van der Waals surface area contributed by atoms with Crippen LogP contribution in [0.2, 0.25) is 0 Å². The molecule has 2 aliphatic rings. The minimum Gasteiger partial charge on any atom is -0.386 e. The van der Waals surface area contributed by atoms with E-state index in [2.05, 4.69) is 11.1 Å². The van der Waals surface area contributed by atoms with Crippen molar-refractivity contribution in [1.82, 2.24) is 10.0 Å². The predicted octanol–water partition coefficient (Wildman–Crippen LogP) is -0.0101. The molecule has 104 valence electrons. The molecule has 7 nitrogen and oxygen atoms in total. The van der Waals surface area contributed by atoms with Crippen molar-refractivity contribution in [3.8, 4) is 12.1 Å². The van der Waals surface area contributed by atoms with E-state index in [1.165, 1.54) is 0 Å². The molecule has 2 unspecified atom stereocenters. The van der Waals surface area contributed by atoms with Crippen molar-refractivity contribution in [2.75, 3.05) is 20.6 Å². The SMILES string of the molecule is CC1=C(C)C2(C#N)C(=O)N=C(N)C2(C#N)CN1N(C)C. The summed E-state index contributed by atoms with van der Waals surface area (Å²) in [4.78, 5) is 16.0. The Bertz CT molecular complexity index is 634. The number of hydrazine groups is 1. The van der Waals surface area contributed by atoms with Gasteiger partial charge in [-0.2, -0.15) is 15.5 Å². The van der Waals surface area contributed by atoms with Gasteiger partial charge in [-0.3, -0.25) is 4.79 Å². The maximum Gasteiger partial charge on any atom is 0.274 e. The highest BCUT2D eigenvalue weighted by atomic mass is 16.2. The molecule has 7 heteroatoms. The highest BCUT2D eigenvalue weighted by Gasteiger charge is 2.69. The van der Waals surface area contributed by atoms with Gasteiger partial charge in [-0.05, 0) is 19.4 Å². The van der Waals surface area contributed by atoms with Gasteiger partial charge in [-0.1, -0.05) is 0 Å². The Kier molecular flexibility index (Phi) is 2.85. The van der Waals surface area contributed by atoms with Crippen LogP contribution in [-0.2, 0) is 4.79 Å². The van der Waals surface area contributed by atoms with Crippen LogP contribution in [0.15, 0.2) is 16.3 Å². The van der Waals surface area contributed by atoms with Gasteiger partial charge in [0.2, 0.25) is 0 Å². The monoisotopic (exact) mass is 272 g/mol. The summed E-state index contributed by atoms with van der Waals surface area (Å²) in [5.41, 5.74) is 4.09. The summed E-state index contributed by atoms with van der Waals surface area (Å²) in [5, 5.41) is 22.9. The van der Waals surface area contributed by atoms with Crippen LogP contribution >= 0.6 is 0 Å². The number of hydrogen-bond donors (Lipinski definition) is 1. The Hall–Kier alpha value is -2.38. The molecule has 20 heavy (non-hydrogen) atoms. The van der Waals surface area contributed by atoms with Gasteiger partial charge >= 0.3 is 0 Å². The van der Waals surface area contributed by atoms with Crippen LogP contribution in [0.1, 0.15) is 13.8 Å². The fourth-order valence-corrected chi connectivity index (χ4v) is 3.00. The van der Waals surface area contributed by atoms with Gasteiger partial charge in [0.05, 0.1) is 18.7 Å². The van der Waals surface area contributed by atoms with Crippen molar-refractivity contribution in [3.63, 3.8) is 0 Å². The molecule has 0 aliphatic carbocycles. The van der Waals surface area contributed by atoms with Gasteiger partial charge in [-0.25, -0.2) is 5.01 Å². The van der Waals surface area contributed by atoms with Crippen LogP contribution in [0.3, 0.4) is 0 Å². The summed E-state index contributed by atoms with van der Waals surface area (Å²) < 4.78 is 0. The van der Waals surface area contributed by atoms with Gasteiger partial charge < -0.3 is 10.7 Å². The van der Waals surface area contributed by atoms with Crippen LogP contribution in [0.4, 0.5) is 0 Å². The zero-order valence-electron chi connectivity index (χ0n) is 11.9. The molecule has 2 N–H and O–H groups in total. The van der Waals surface area contributed by atoms with Crippen molar-refractivity contribution in [1.29, 1.82) is 10.5 Å². The maximum absolute atomic E-state index is 12.3. The predicted molar refractivity (Wildman–Crippen MR) is 71.5 cm³/mol. The number of nitrogens with zero attached hydrogens (tertiary/aromatic N) is 5. The van der Waals surface area contributed by atoms with Gasteiger partial charge in [0, 0.05) is 19.8 Å². The summed E-state index contributed by atoms with van der Waals surface area (Å²) in [6.45, 7) is 3.64. The number of fused-ring (bicyclic) bond motifs is 1. The highest BCUT2D eigenvalue weighted by Crippen LogP contribution is 2.54. The lowest BCUT2D eigenvalue weighted by atomic mass is 9.59. The zero-order valence-corrected chi connectivity index (χ0v) is 11.9. The maximum atomic E-state index is 12.3. The smallest absolute Gasteiger partial charge is 0.274 e. The van der Waals surface area contributed by atoms with E-state index in [1.807, 2.05) is 32.1 Å². The van der Waals surface area contributed by atoms with E-state index in [0.29, 0.717) is 5.57 Å². The molecule has 2 rings (SSSR count). The van der Waals surface area contributed by atoms with E-state index in [-0.39, 0.29) is 12.4 Å². The largest absolute Gasteiger partial charge is 0.386 e. The first-order valence-corrected chi connectivity index (χ1v) is 6.13. The molecule has 0 aromatic heterocycles. The quantitative estimate of drug-likeness (QED) is 0.719. The van der Waals surface area contributed by atoms with Gasteiger partial charge in [-0.15, -0.1) is 0 Å². The van der Waals surface area contributed by atoms with Crippen molar-refractivity contribution >= 4 is 11.7 Å². The van der Waals surface area contributed by atoms with Crippen LogP contribution in [0.5, 0.6) is 0 Å².